The summed E-state index contributed by atoms with van der Waals surface area (Å²) in [4.78, 5) is 99.6. The minimum absolute atomic E-state index is 0.0394. The average molecular weight is 934 g/mol. The van der Waals surface area contributed by atoms with Crippen LogP contribution in [0.2, 0.25) is 0 Å². The van der Waals surface area contributed by atoms with E-state index in [9.17, 15) is 33.6 Å². The molecule has 4 aromatic carbocycles. The lowest BCUT2D eigenvalue weighted by atomic mass is 9.98. The van der Waals surface area contributed by atoms with E-state index in [1.807, 2.05) is 113 Å². The second kappa shape index (κ2) is 26.2. The third-order valence-electron chi connectivity index (χ3n) is 12.1. The number of nitrogens with two attached hydrogens (primary N) is 2. The molecule has 366 valence electrons. The van der Waals surface area contributed by atoms with Gasteiger partial charge in [-0.25, -0.2) is 0 Å². The van der Waals surface area contributed by atoms with Crippen molar-refractivity contribution in [2.45, 2.75) is 128 Å². The van der Waals surface area contributed by atoms with Gasteiger partial charge < -0.3 is 48.7 Å². The number of nitrogens with one attached hydrogen (secondary N) is 7. The van der Waals surface area contributed by atoms with Gasteiger partial charge in [0.25, 0.3) is 0 Å². The minimum Gasteiger partial charge on any atom is -0.345 e. The molecule has 4 aromatic rings. The normalized spacial score (nSPS) is 21.9. The molecule has 0 radical (unpaired) electrons. The van der Waals surface area contributed by atoms with E-state index in [1.165, 1.54) is 0 Å². The molecule has 1 fully saturated rings. The molecule has 1 heterocycles. The van der Waals surface area contributed by atoms with E-state index in [0.29, 0.717) is 38.8 Å². The number of unbranched alkanes of at least 4 members (excludes halogenated alkanes) is 2. The Balaban J connectivity index is 1.55. The third kappa shape index (κ3) is 16.1. The van der Waals surface area contributed by atoms with E-state index in [-0.39, 0.29) is 50.4 Å². The molecule has 0 unspecified atom stereocenters. The molecule has 1 aliphatic heterocycles. The first-order valence-corrected chi connectivity index (χ1v) is 24.1. The second-order valence-electron chi connectivity index (χ2n) is 18.7. The molecule has 0 spiro atoms. The minimum atomic E-state index is -1.21. The Labute approximate surface area is 399 Å². The fourth-order valence-corrected chi connectivity index (χ4v) is 8.45. The van der Waals surface area contributed by atoms with Gasteiger partial charge >= 0.3 is 0 Å². The number of hydrogen-bond donors (Lipinski definition) is 9. The largest absolute Gasteiger partial charge is 0.345 e. The van der Waals surface area contributed by atoms with E-state index in [4.69, 9.17) is 11.5 Å². The fraction of sp³-hybridized carbons (Fsp3) is 0.481. The maximum absolute atomic E-state index is 14.6. The quantitative estimate of drug-likeness (QED) is 0.0748. The van der Waals surface area contributed by atoms with Gasteiger partial charge in [0.1, 0.15) is 36.3 Å². The monoisotopic (exact) mass is 934 g/mol. The zero-order valence-corrected chi connectivity index (χ0v) is 39.9. The zero-order chi connectivity index (χ0) is 49.2. The highest BCUT2D eigenvalue weighted by Gasteiger charge is 2.34. The summed E-state index contributed by atoms with van der Waals surface area (Å²) >= 11 is 0. The van der Waals surface area contributed by atoms with Crippen LogP contribution < -0.4 is 48.7 Å². The zero-order valence-electron chi connectivity index (χ0n) is 39.9. The molecule has 68 heavy (non-hydrogen) atoms. The maximum Gasteiger partial charge on any atom is 0.243 e. The number of rotatable bonds is 16. The Hall–Kier alpha value is -6.39. The van der Waals surface area contributed by atoms with Crippen LogP contribution in [0.4, 0.5) is 0 Å². The van der Waals surface area contributed by atoms with E-state index in [0.717, 1.165) is 32.7 Å². The molecule has 0 aliphatic carbocycles. The van der Waals surface area contributed by atoms with Crippen LogP contribution in [0.1, 0.15) is 90.2 Å². The first-order chi connectivity index (χ1) is 32.6. The van der Waals surface area contributed by atoms with Gasteiger partial charge in [0.2, 0.25) is 41.4 Å². The molecule has 1 aliphatic rings. The van der Waals surface area contributed by atoms with Crippen molar-refractivity contribution in [3.8, 4) is 0 Å². The van der Waals surface area contributed by atoms with Crippen molar-refractivity contribution >= 4 is 62.9 Å². The molecule has 0 bridgehead atoms. The number of carbonyl (C=O) groups is 7. The number of amides is 7. The van der Waals surface area contributed by atoms with Crippen LogP contribution in [0.5, 0.6) is 0 Å². The second-order valence-corrected chi connectivity index (χ2v) is 18.7. The molecule has 16 nitrogen and oxygen atoms in total. The summed E-state index contributed by atoms with van der Waals surface area (Å²) in [5, 5.41) is 23.6. The lowest BCUT2D eigenvalue weighted by Gasteiger charge is -2.28. The van der Waals surface area contributed by atoms with Gasteiger partial charge in [-0.15, -0.1) is 0 Å². The van der Waals surface area contributed by atoms with E-state index in [2.05, 4.69) is 37.2 Å². The fourth-order valence-electron chi connectivity index (χ4n) is 8.45. The Morgan fingerprint density at radius 1 is 0.441 bits per heavy atom. The summed E-state index contributed by atoms with van der Waals surface area (Å²) in [5.41, 5.74) is 13.1. The predicted molar refractivity (Wildman–Crippen MR) is 265 cm³/mol. The predicted octanol–water partition coefficient (Wildman–Crippen LogP) is 3.17. The number of hydrogen-bond acceptors (Lipinski definition) is 9. The van der Waals surface area contributed by atoms with Gasteiger partial charge in [0.05, 0.1) is 6.54 Å². The first kappa shape index (κ1) is 52.6. The Morgan fingerprint density at radius 3 is 1.25 bits per heavy atom. The topological polar surface area (TPSA) is 256 Å². The molecule has 16 heteroatoms. The average Bonchev–Trinajstić information content (AvgIpc) is 3.31. The molecule has 0 saturated carbocycles. The number of benzene rings is 4. The highest BCUT2D eigenvalue weighted by molar-refractivity contribution is 5.98. The molecule has 7 amide bonds. The summed E-state index contributed by atoms with van der Waals surface area (Å²) in [6, 6.07) is 20.0. The van der Waals surface area contributed by atoms with E-state index < -0.39 is 84.1 Å². The van der Waals surface area contributed by atoms with Crippen molar-refractivity contribution < 1.29 is 33.6 Å². The molecule has 1 saturated heterocycles. The number of carbonyl (C=O) groups excluding carboxylic acids is 7. The lowest BCUT2D eigenvalue weighted by molar-refractivity contribution is -0.135. The summed E-state index contributed by atoms with van der Waals surface area (Å²) in [5.74, 6) is -4.66. The Bertz CT molecular complexity index is 2370. The van der Waals surface area contributed by atoms with Gasteiger partial charge in [-0.05, 0) is 109 Å². The van der Waals surface area contributed by atoms with Gasteiger partial charge in [0, 0.05) is 12.8 Å². The van der Waals surface area contributed by atoms with Crippen molar-refractivity contribution in [3.63, 3.8) is 0 Å². The summed E-state index contributed by atoms with van der Waals surface area (Å²) in [7, 11) is 0. The first-order valence-electron chi connectivity index (χ1n) is 24.1. The van der Waals surface area contributed by atoms with Gasteiger partial charge in [-0.2, -0.15) is 0 Å². The van der Waals surface area contributed by atoms with Crippen molar-refractivity contribution in [2.75, 3.05) is 19.6 Å². The molecule has 0 aromatic heterocycles. The molecule has 5 rings (SSSR count). The summed E-state index contributed by atoms with van der Waals surface area (Å²) in [6.45, 7) is 7.74. The van der Waals surface area contributed by atoms with Crippen molar-refractivity contribution in [1.82, 2.24) is 37.2 Å². The maximum atomic E-state index is 14.6. The summed E-state index contributed by atoms with van der Waals surface area (Å²) in [6.07, 6.45) is 2.89. The standard InChI is InChI=1S/C52H71N9O7/c1-32(2)25-42-50(66)57-41(18-10-12-24-54)49(65)61-45(30-35-20-22-37-14-6-8-16-39(37)28-35)52(68)59-43(26-33(3)4)51(67)58-40(17-9-11-23-53)48(64)60-44(47(63)55-31-46(62)56-42)29-34-19-21-36-13-5-7-15-38(36)27-34/h5-8,13-16,19-22,27-28,32-33,40-45H,9-12,17-18,23-26,29-31,53-54H2,1-4H3,(H,55,63)(H,56,62)(H,57,66)(H,58,67)(H,59,68)(H,60,64)(H,61,65)/t40-,41-,42-,43-,44-,45-/m0/s1. The smallest absolute Gasteiger partial charge is 0.243 e. The summed E-state index contributed by atoms with van der Waals surface area (Å²) < 4.78 is 0. The van der Waals surface area contributed by atoms with Crippen LogP contribution in [0.15, 0.2) is 84.9 Å². The molecular formula is C52H71N9O7. The highest BCUT2D eigenvalue weighted by Crippen LogP contribution is 2.20. The molecular weight excluding hydrogens is 863 g/mol. The SMILES string of the molecule is CC(C)C[C@@H]1NC(=O)CNC(=O)[C@H](Cc2ccc3ccccc3c2)NC(=O)[C@H](CCCCN)NC(=O)[C@H](CC(C)C)NC(=O)[C@H](Cc2ccc3ccccc3c2)NC(=O)[C@H](CCCCN)NC1=O. The van der Waals surface area contributed by atoms with Crippen LogP contribution in [0.25, 0.3) is 21.5 Å². The van der Waals surface area contributed by atoms with Crippen LogP contribution in [-0.4, -0.2) is 97.2 Å². The highest BCUT2D eigenvalue weighted by atomic mass is 16.2. The Morgan fingerprint density at radius 2 is 0.809 bits per heavy atom. The third-order valence-corrected chi connectivity index (χ3v) is 12.1. The lowest BCUT2D eigenvalue weighted by Crippen LogP contribution is -2.60. The van der Waals surface area contributed by atoms with E-state index in [1.54, 1.807) is 0 Å². The molecule has 11 N–H and O–H groups in total. The number of fused-ring (bicyclic) bond motifs is 2. The van der Waals surface area contributed by atoms with Gasteiger partial charge in [0.15, 0.2) is 0 Å². The van der Waals surface area contributed by atoms with E-state index >= 15 is 0 Å². The van der Waals surface area contributed by atoms with Gasteiger partial charge in [-0.1, -0.05) is 113 Å². The Kier molecular flexibility index (Phi) is 20.3. The van der Waals surface area contributed by atoms with Crippen LogP contribution in [0.3, 0.4) is 0 Å². The van der Waals surface area contributed by atoms with Crippen LogP contribution in [-0.2, 0) is 46.4 Å². The van der Waals surface area contributed by atoms with Crippen molar-refractivity contribution in [2.24, 2.45) is 23.3 Å². The van der Waals surface area contributed by atoms with Gasteiger partial charge in [-0.3, -0.25) is 33.6 Å². The van der Waals surface area contributed by atoms with Crippen molar-refractivity contribution in [1.29, 1.82) is 0 Å². The molecule has 6 atom stereocenters. The van der Waals surface area contributed by atoms with Crippen LogP contribution >= 0.6 is 0 Å². The van der Waals surface area contributed by atoms with Crippen LogP contribution in [0, 0.1) is 11.8 Å². The van der Waals surface area contributed by atoms with Crippen molar-refractivity contribution in [3.05, 3.63) is 96.1 Å².